The van der Waals surface area contributed by atoms with Crippen molar-refractivity contribution >= 4 is 52.4 Å². The summed E-state index contributed by atoms with van der Waals surface area (Å²) in [5.74, 6) is -1.23. The zero-order chi connectivity index (χ0) is 17.7. The van der Waals surface area contributed by atoms with Gasteiger partial charge in [0.2, 0.25) is 0 Å². The van der Waals surface area contributed by atoms with Crippen molar-refractivity contribution in [3.63, 3.8) is 0 Å². The molecule has 2 rings (SSSR count). The SMILES string of the molecule is Nc1c(Cl)cc(Cl)cc1C(=O)OCC(=O)NCc1ccc(Cl)cc1. The molecule has 0 aliphatic carbocycles. The highest BCUT2D eigenvalue weighted by Crippen LogP contribution is 2.27. The number of anilines is 1. The number of esters is 1. The topological polar surface area (TPSA) is 81.4 Å². The van der Waals surface area contributed by atoms with E-state index in [1.807, 2.05) is 0 Å². The fourth-order valence-corrected chi connectivity index (χ4v) is 2.44. The zero-order valence-corrected chi connectivity index (χ0v) is 14.6. The van der Waals surface area contributed by atoms with Crippen LogP contribution in [0.3, 0.4) is 0 Å². The third kappa shape index (κ3) is 5.03. The highest BCUT2D eigenvalue weighted by atomic mass is 35.5. The van der Waals surface area contributed by atoms with Crippen LogP contribution in [0.1, 0.15) is 15.9 Å². The summed E-state index contributed by atoms with van der Waals surface area (Å²) in [6.45, 7) is -0.158. The summed E-state index contributed by atoms with van der Waals surface area (Å²) in [5, 5.41) is 3.61. The Labute approximate surface area is 153 Å². The summed E-state index contributed by atoms with van der Waals surface area (Å²) in [6.07, 6.45) is 0. The molecule has 0 saturated heterocycles. The van der Waals surface area contributed by atoms with Gasteiger partial charge in [0.25, 0.3) is 5.91 Å². The van der Waals surface area contributed by atoms with Crippen molar-refractivity contribution in [3.8, 4) is 0 Å². The van der Waals surface area contributed by atoms with Crippen LogP contribution in [0.25, 0.3) is 0 Å². The molecule has 0 heterocycles. The largest absolute Gasteiger partial charge is 0.452 e. The normalized spacial score (nSPS) is 10.3. The standard InChI is InChI=1S/C16H13Cl3N2O3/c17-10-3-1-9(2-4-10)7-21-14(22)8-24-16(23)12-5-11(18)6-13(19)15(12)20/h1-6H,7-8,20H2,(H,21,22). The Hall–Kier alpha value is -1.95. The van der Waals surface area contributed by atoms with E-state index in [1.54, 1.807) is 24.3 Å². The second-order valence-electron chi connectivity index (χ2n) is 4.83. The first-order chi connectivity index (χ1) is 11.4. The number of nitrogens with two attached hydrogens (primary N) is 1. The molecule has 0 radical (unpaired) electrons. The lowest BCUT2D eigenvalue weighted by Crippen LogP contribution is -2.28. The maximum Gasteiger partial charge on any atom is 0.340 e. The Balaban J connectivity index is 1.87. The van der Waals surface area contributed by atoms with Crippen LogP contribution in [-0.2, 0) is 16.1 Å². The molecule has 1 amide bonds. The number of carbonyl (C=O) groups excluding carboxylic acids is 2. The first-order valence-corrected chi connectivity index (χ1v) is 7.93. The van der Waals surface area contributed by atoms with E-state index >= 15 is 0 Å². The van der Waals surface area contributed by atoms with Gasteiger partial charge in [-0.25, -0.2) is 4.79 Å². The lowest BCUT2D eigenvalue weighted by molar-refractivity contribution is -0.124. The highest BCUT2D eigenvalue weighted by Gasteiger charge is 2.16. The van der Waals surface area contributed by atoms with Crippen molar-refractivity contribution in [3.05, 3.63) is 62.6 Å². The fraction of sp³-hybridized carbons (Fsp3) is 0.125. The average Bonchev–Trinajstić information content (AvgIpc) is 2.55. The van der Waals surface area contributed by atoms with E-state index in [0.29, 0.717) is 11.6 Å². The van der Waals surface area contributed by atoms with Gasteiger partial charge in [0.15, 0.2) is 6.61 Å². The Bertz CT molecular complexity index is 764. The number of hydrogen-bond acceptors (Lipinski definition) is 4. The van der Waals surface area contributed by atoms with Crippen molar-refractivity contribution in [1.29, 1.82) is 0 Å². The van der Waals surface area contributed by atoms with Gasteiger partial charge in [0.05, 0.1) is 16.3 Å². The average molecular weight is 388 g/mol. The number of halogens is 3. The molecule has 0 unspecified atom stereocenters. The Morgan fingerprint density at radius 2 is 1.71 bits per heavy atom. The first-order valence-electron chi connectivity index (χ1n) is 6.79. The number of benzene rings is 2. The molecular weight excluding hydrogens is 375 g/mol. The van der Waals surface area contributed by atoms with Crippen molar-refractivity contribution in [2.75, 3.05) is 12.3 Å². The minimum Gasteiger partial charge on any atom is -0.452 e. The zero-order valence-electron chi connectivity index (χ0n) is 12.3. The van der Waals surface area contributed by atoms with E-state index in [-0.39, 0.29) is 21.3 Å². The summed E-state index contributed by atoms with van der Waals surface area (Å²) < 4.78 is 4.92. The minimum absolute atomic E-state index is 0.0120. The van der Waals surface area contributed by atoms with E-state index in [1.165, 1.54) is 12.1 Å². The molecule has 2 aromatic rings. The Morgan fingerprint density at radius 1 is 1.04 bits per heavy atom. The molecule has 0 aliphatic heterocycles. The van der Waals surface area contributed by atoms with Crippen LogP contribution in [0, 0.1) is 0 Å². The van der Waals surface area contributed by atoms with Crippen LogP contribution in [0.4, 0.5) is 5.69 Å². The lowest BCUT2D eigenvalue weighted by Gasteiger charge is -2.09. The van der Waals surface area contributed by atoms with Crippen molar-refractivity contribution < 1.29 is 14.3 Å². The van der Waals surface area contributed by atoms with Gasteiger partial charge in [-0.05, 0) is 29.8 Å². The first kappa shape index (κ1) is 18.4. The van der Waals surface area contributed by atoms with Gasteiger partial charge in [-0.2, -0.15) is 0 Å². The molecule has 5 nitrogen and oxygen atoms in total. The number of hydrogen-bond donors (Lipinski definition) is 2. The molecule has 3 N–H and O–H groups in total. The van der Waals surface area contributed by atoms with Crippen molar-refractivity contribution in [2.45, 2.75) is 6.54 Å². The third-order valence-corrected chi connectivity index (χ3v) is 3.83. The smallest absolute Gasteiger partial charge is 0.340 e. The molecule has 0 saturated carbocycles. The quantitative estimate of drug-likeness (QED) is 0.605. The molecule has 8 heteroatoms. The predicted molar refractivity (Wildman–Crippen MR) is 94.5 cm³/mol. The number of carbonyl (C=O) groups is 2. The number of amides is 1. The van der Waals surface area contributed by atoms with Gasteiger partial charge in [-0.15, -0.1) is 0 Å². The monoisotopic (exact) mass is 386 g/mol. The van der Waals surface area contributed by atoms with E-state index in [9.17, 15) is 9.59 Å². The molecule has 24 heavy (non-hydrogen) atoms. The van der Waals surface area contributed by atoms with Gasteiger partial charge in [0, 0.05) is 16.6 Å². The molecular formula is C16H13Cl3N2O3. The van der Waals surface area contributed by atoms with Crippen molar-refractivity contribution in [1.82, 2.24) is 5.32 Å². The molecule has 0 atom stereocenters. The predicted octanol–water partition coefficient (Wildman–Crippen LogP) is 3.70. The van der Waals surface area contributed by atoms with E-state index in [4.69, 9.17) is 45.3 Å². The number of rotatable bonds is 5. The molecule has 0 fully saturated rings. The fourth-order valence-electron chi connectivity index (χ4n) is 1.82. The van der Waals surface area contributed by atoms with Crippen LogP contribution in [0.15, 0.2) is 36.4 Å². The molecule has 126 valence electrons. The second-order valence-corrected chi connectivity index (χ2v) is 6.11. The summed E-state index contributed by atoms with van der Waals surface area (Å²) in [5.41, 5.74) is 6.63. The highest BCUT2D eigenvalue weighted by molar-refractivity contribution is 6.37. The van der Waals surface area contributed by atoms with Gasteiger partial charge in [-0.3, -0.25) is 4.79 Å². The van der Waals surface area contributed by atoms with Crippen LogP contribution in [0.2, 0.25) is 15.1 Å². The van der Waals surface area contributed by atoms with Crippen molar-refractivity contribution in [2.24, 2.45) is 0 Å². The van der Waals surface area contributed by atoms with Gasteiger partial charge >= 0.3 is 5.97 Å². The van der Waals surface area contributed by atoms with Gasteiger partial charge in [0.1, 0.15) is 0 Å². The Kier molecular flexibility index (Phi) is 6.31. The maximum absolute atomic E-state index is 12.0. The number of nitrogens with one attached hydrogen (secondary N) is 1. The minimum atomic E-state index is -0.779. The summed E-state index contributed by atoms with van der Waals surface area (Å²) in [4.78, 5) is 23.7. The Morgan fingerprint density at radius 3 is 2.38 bits per heavy atom. The number of nitrogen functional groups attached to an aromatic ring is 1. The van der Waals surface area contributed by atoms with Gasteiger partial charge < -0.3 is 15.8 Å². The summed E-state index contributed by atoms with van der Waals surface area (Å²) in [6, 6.07) is 9.74. The lowest BCUT2D eigenvalue weighted by atomic mass is 10.2. The molecule has 0 spiro atoms. The molecule has 0 aromatic heterocycles. The van der Waals surface area contributed by atoms with E-state index in [2.05, 4.69) is 5.32 Å². The van der Waals surface area contributed by atoms with Crippen LogP contribution < -0.4 is 11.1 Å². The summed E-state index contributed by atoms with van der Waals surface area (Å²) >= 11 is 17.4. The third-order valence-electron chi connectivity index (χ3n) is 3.05. The maximum atomic E-state index is 12.0. The van der Waals surface area contributed by atoms with Gasteiger partial charge in [-0.1, -0.05) is 46.9 Å². The molecule has 0 bridgehead atoms. The van der Waals surface area contributed by atoms with Crippen LogP contribution in [-0.4, -0.2) is 18.5 Å². The van der Waals surface area contributed by atoms with Crippen LogP contribution >= 0.6 is 34.8 Å². The summed E-state index contributed by atoms with van der Waals surface area (Å²) in [7, 11) is 0. The van der Waals surface area contributed by atoms with E-state index in [0.717, 1.165) is 5.56 Å². The molecule has 0 aliphatic rings. The van der Waals surface area contributed by atoms with E-state index < -0.39 is 18.5 Å². The second kappa shape index (κ2) is 8.24. The van der Waals surface area contributed by atoms with Crippen LogP contribution in [0.5, 0.6) is 0 Å². The molecule has 2 aromatic carbocycles. The number of ether oxygens (including phenoxy) is 1.